The normalized spacial score (nSPS) is 27.9. The molecule has 2 N–H and O–H groups in total. The Balaban J connectivity index is 1.85. The average molecular weight is 238 g/mol. The van der Waals surface area contributed by atoms with Crippen LogP contribution in [0.25, 0.3) is 0 Å². The molecule has 1 aliphatic carbocycles. The van der Waals surface area contributed by atoms with Gasteiger partial charge in [-0.15, -0.1) is 0 Å². The molecule has 3 heteroatoms. The largest absolute Gasteiger partial charge is 0.353 e. The van der Waals surface area contributed by atoms with Crippen LogP contribution in [-0.2, 0) is 4.79 Å². The minimum absolute atomic E-state index is 0.241. The fourth-order valence-corrected chi connectivity index (χ4v) is 3.42. The number of rotatable bonds is 3. The number of hydrogen-bond acceptors (Lipinski definition) is 2. The Morgan fingerprint density at radius 3 is 2.82 bits per heavy atom. The molecular weight excluding hydrogens is 212 g/mol. The topological polar surface area (TPSA) is 41.1 Å². The van der Waals surface area contributed by atoms with Crippen LogP contribution in [-0.4, -0.2) is 24.0 Å². The number of piperidine rings is 1. The van der Waals surface area contributed by atoms with Gasteiger partial charge in [-0.05, 0) is 38.6 Å². The Labute approximate surface area is 105 Å². The maximum atomic E-state index is 11.7. The molecule has 0 bridgehead atoms. The van der Waals surface area contributed by atoms with Crippen molar-refractivity contribution in [2.24, 2.45) is 0 Å². The van der Waals surface area contributed by atoms with Crippen LogP contribution < -0.4 is 10.6 Å². The van der Waals surface area contributed by atoms with Gasteiger partial charge in [0.25, 0.3) is 0 Å². The summed E-state index contributed by atoms with van der Waals surface area (Å²) in [5, 5.41) is 6.93. The van der Waals surface area contributed by atoms with Crippen LogP contribution in [0.5, 0.6) is 0 Å². The second-order valence-corrected chi connectivity index (χ2v) is 5.78. The standard InChI is InChI=1S/C14H26N2O/c1-2-6-13(17)16-12-7-10-15-14(11-12)8-4-3-5-9-14/h12,15H,2-11H2,1H3,(H,16,17). The molecule has 1 spiro atoms. The molecule has 1 saturated carbocycles. The summed E-state index contributed by atoms with van der Waals surface area (Å²) in [5.74, 6) is 0.241. The summed E-state index contributed by atoms with van der Waals surface area (Å²) in [6.45, 7) is 3.13. The Morgan fingerprint density at radius 2 is 2.12 bits per heavy atom. The van der Waals surface area contributed by atoms with Crippen molar-refractivity contribution in [2.75, 3.05) is 6.54 Å². The predicted molar refractivity (Wildman–Crippen MR) is 69.9 cm³/mol. The van der Waals surface area contributed by atoms with Crippen LogP contribution in [0.4, 0.5) is 0 Å². The molecule has 0 aromatic rings. The molecule has 3 nitrogen and oxygen atoms in total. The van der Waals surface area contributed by atoms with Crippen LogP contribution in [0.2, 0.25) is 0 Å². The highest BCUT2D eigenvalue weighted by Crippen LogP contribution is 2.34. The van der Waals surface area contributed by atoms with Crippen LogP contribution in [0, 0.1) is 0 Å². The molecule has 1 heterocycles. The highest BCUT2D eigenvalue weighted by molar-refractivity contribution is 5.76. The van der Waals surface area contributed by atoms with Gasteiger partial charge in [0.2, 0.25) is 5.91 Å². The number of amides is 1. The summed E-state index contributed by atoms with van der Waals surface area (Å²) in [4.78, 5) is 11.7. The van der Waals surface area contributed by atoms with Crippen molar-refractivity contribution in [3.8, 4) is 0 Å². The van der Waals surface area contributed by atoms with E-state index in [0.717, 1.165) is 25.8 Å². The van der Waals surface area contributed by atoms with Crippen molar-refractivity contribution in [3.05, 3.63) is 0 Å². The molecule has 2 aliphatic rings. The van der Waals surface area contributed by atoms with Crippen LogP contribution >= 0.6 is 0 Å². The maximum Gasteiger partial charge on any atom is 0.220 e. The van der Waals surface area contributed by atoms with Gasteiger partial charge in [0, 0.05) is 18.0 Å². The van der Waals surface area contributed by atoms with Gasteiger partial charge < -0.3 is 10.6 Å². The second kappa shape index (κ2) is 5.85. The first kappa shape index (κ1) is 12.9. The zero-order valence-corrected chi connectivity index (χ0v) is 11.1. The lowest BCUT2D eigenvalue weighted by Gasteiger charge is -2.44. The lowest BCUT2D eigenvalue weighted by atomic mass is 9.75. The lowest BCUT2D eigenvalue weighted by Crippen LogP contribution is -2.57. The van der Waals surface area contributed by atoms with Gasteiger partial charge in [-0.1, -0.05) is 26.2 Å². The van der Waals surface area contributed by atoms with E-state index >= 15 is 0 Å². The van der Waals surface area contributed by atoms with E-state index in [1.165, 1.54) is 32.1 Å². The number of carbonyl (C=O) groups excluding carboxylic acids is 1. The van der Waals surface area contributed by atoms with Crippen molar-refractivity contribution in [1.82, 2.24) is 10.6 Å². The summed E-state index contributed by atoms with van der Waals surface area (Å²) >= 11 is 0. The molecule has 2 fully saturated rings. The second-order valence-electron chi connectivity index (χ2n) is 5.78. The quantitative estimate of drug-likeness (QED) is 0.792. The number of carbonyl (C=O) groups is 1. The summed E-state index contributed by atoms with van der Waals surface area (Å²) in [6.07, 6.45) is 10.5. The highest BCUT2D eigenvalue weighted by Gasteiger charge is 2.37. The zero-order chi connectivity index (χ0) is 12.1. The minimum atomic E-state index is 0.241. The van der Waals surface area contributed by atoms with Gasteiger partial charge in [0.15, 0.2) is 0 Å². The Kier molecular flexibility index (Phi) is 4.43. The fraction of sp³-hybridized carbons (Fsp3) is 0.929. The van der Waals surface area contributed by atoms with Crippen molar-refractivity contribution >= 4 is 5.91 Å². The van der Waals surface area contributed by atoms with E-state index in [4.69, 9.17) is 0 Å². The van der Waals surface area contributed by atoms with Crippen molar-refractivity contribution in [3.63, 3.8) is 0 Å². The van der Waals surface area contributed by atoms with Crippen molar-refractivity contribution < 1.29 is 4.79 Å². The fourth-order valence-electron chi connectivity index (χ4n) is 3.42. The van der Waals surface area contributed by atoms with Crippen molar-refractivity contribution in [2.45, 2.75) is 76.3 Å². The predicted octanol–water partition coefficient (Wildman–Crippen LogP) is 2.36. The maximum absolute atomic E-state index is 11.7. The molecule has 0 aromatic carbocycles. The molecule has 1 unspecified atom stereocenters. The summed E-state index contributed by atoms with van der Waals surface area (Å²) in [6, 6.07) is 0.411. The van der Waals surface area contributed by atoms with E-state index in [9.17, 15) is 4.79 Å². The van der Waals surface area contributed by atoms with Gasteiger partial charge in [-0.2, -0.15) is 0 Å². The van der Waals surface area contributed by atoms with E-state index in [2.05, 4.69) is 17.6 Å². The summed E-state index contributed by atoms with van der Waals surface area (Å²) in [7, 11) is 0. The van der Waals surface area contributed by atoms with Gasteiger partial charge >= 0.3 is 0 Å². The molecule has 98 valence electrons. The van der Waals surface area contributed by atoms with Gasteiger partial charge in [-0.3, -0.25) is 4.79 Å². The summed E-state index contributed by atoms with van der Waals surface area (Å²) < 4.78 is 0. The van der Waals surface area contributed by atoms with Gasteiger partial charge in [0.05, 0.1) is 0 Å². The third-order valence-electron chi connectivity index (χ3n) is 4.28. The Hall–Kier alpha value is -0.570. The van der Waals surface area contributed by atoms with Gasteiger partial charge in [-0.25, -0.2) is 0 Å². The van der Waals surface area contributed by atoms with E-state index < -0.39 is 0 Å². The van der Waals surface area contributed by atoms with Gasteiger partial charge in [0.1, 0.15) is 0 Å². The lowest BCUT2D eigenvalue weighted by molar-refractivity contribution is -0.122. The first-order chi connectivity index (χ1) is 8.24. The first-order valence-corrected chi connectivity index (χ1v) is 7.28. The van der Waals surface area contributed by atoms with E-state index in [0.29, 0.717) is 18.0 Å². The van der Waals surface area contributed by atoms with E-state index in [1.807, 2.05) is 0 Å². The zero-order valence-electron chi connectivity index (χ0n) is 11.1. The molecule has 1 atom stereocenters. The van der Waals surface area contributed by atoms with E-state index in [1.54, 1.807) is 0 Å². The van der Waals surface area contributed by atoms with Crippen LogP contribution in [0.3, 0.4) is 0 Å². The Bertz CT molecular complexity index is 253. The third-order valence-corrected chi connectivity index (χ3v) is 4.28. The first-order valence-electron chi connectivity index (χ1n) is 7.28. The SMILES string of the molecule is CCCC(=O)NC1CCNC2(CCCCC2)C1. The summed E-state index contributed by atoms with van der Waals surface area (Å²) in [5.41, 5.74) is 0.348. The number of hydrogen-bond donors (Lipinski definition) is 2. The monoisotopic (exact) mass is 238 g/mol. The van der Waals surface area contributed by atoms with Crippen molar-refractivity contribution in [1.29, 1.82) is 0 Å². The average Bonchev–Trinajstić information content (AvgIpc) is 2.30. The van der Waals surface area contributed by atoms with Crippen LogP contribution in [0.15, 0.2) is 0 Å². The highest BCUT2D eigenvalue weighted by atomic mass is 16.1. The molecule has 17 heavy (non-hydrogen) atoms. The molecule has 2 rings (SSSR count). The smallest absolute Gasteiger partial charge is 0.220 e. The minimum Gasteiger partial charge on any atom is -0.353 e. The molecule has 1 aliphatic heterocycles. The Morgan fingerprint density at radius 1 is 1.35 bits per heavy atom. The number of nitrogens with one attached hydrogen (secondary N) is 2. The van der Waals surface area contributed by atoms with E-state index in [-0.39, 0.29) is 5.91 Å². The molecular formula is C14H26N2O. The molecule has 1 amide bonds. The van der Waals surface area contributed by atoms with Crippen LogP contribution in [0.1, 0.15) is 64.7 Å². The molecule has 0 radical (unpaired) electrons. The molecule has 0 aromatic heterocycles. The molecule has 1 saturated heterocycles. The third kappa shape index (κ3) is 3.44.